The van der Waals surface area contributed by atoms with Gasteiger partial charge in [-0.05, 0) is 56.5 Å². The molecule has 1 amide bonds. The van der Waals surface area contributed by atoms with Crippen molar-refractivity contribution in [2.75, 3.05) is 19.6 Å². The van der Waals surface area contributed by atoms with Crippen LogP contribution in [-0.4, -0.2) is 36.8 Å². The third-order valence-corrected chi connectivity index (χ3v) is 4.69. The molecule has 2 fully saturated rings. The number of hydrogen-bond acceptors (Lipinski definition) is 3. The van der Waals surface area contributed by atoms with Crippen molar-refractivity contribution < 1.29 is 9.90 Å². The molecule has 1 saturated carbocycles. The van der Waals surface area contributed by atoms with Crippen LogP contribution in [0, 0.1) is 16.7 Å². The summed E-state index contributed by atoms with van der Waals surface area (Å²) >= 11 is 0. The van der Waals surface area contributed by atoms with Crippen LogP contribution in [0.5, 0.6) is 0 Å². The largest absolute Gasteiger partial charge is 0.393 e. The van der Waals surface area contributed by atoms with Crippen molar-refractivity contribution in [2.24, 2.45) is 16.7 Å². The van der Waals surface area contributed by atoms with Crippen LogP contribution in [-0.2, 0) is 4.79 Å². The van der Waals surface area contributed by atoms with Crippen LogP contribution in [0.4, 0.5) is 0 Å². The molecule has 2 aliphatic rings. The summed E-state index contributed by atoms with van der Waals surface area (Å²) in [4.78, 5) is 12.2. The lowest BCUT2D eigenvalue weighted by Gasteiger charge is -2.27. The fourth-order valence-electron chi connectivity index (χ4n) is 3.52. The summed E-state index contributed by atoms with van der Waals surface area (Å²) < 4.78 is 0. The summed E-state index contributed by atoms with van der Waals surface area (Å²) in [6, 6.07) is 0. The number of aliphatic hydroxyl groups excluding tert-OH is 1. The maximum atomic E-state index is 12.2. The van der Waals surface area contributed by atoms with E-state index in [4.69, 9.17) is 0 Å². The topological polar surface area (TPSA) is 61.4 Å². The highest BCUT2D eigenvalue weighted by Gasteiger charge is 2.57. The number of hydrogen-bond donors (Lipinski definition) is 3. The minimum absolute atomic E-state index is 0.0417. The molecule has 110 valence electrons. The highest BCUT2D eigenvalue weighted by molar-refractivity contribution is 5.82. The van der Waals surface area contributed by atoms with Crippen molar-refractivity contribution in [1.29, 1.82) is 0 Å². The number of nitrogens with one attached hydrogen (secondary N) is 2. The van der Waals surface area contributed by atoms with Gasteiger partial charge < -0.3 is 15.7 Å². The molecule has 0 aromatic rings. The van der Waals surface area contributed by atoms with Gasteiger partial charge in [0.15, 0.2) is 0 Å². The molecule has 1 aliphatic heterocycles. The van der Waals surface area contributed by atoms with Gasteiger partial charge in [-0.15, -0.1) is 0 Å². The van der Waals surface area contributed by atoms with Gasteiger partial charge in [0, 0.05) is 12.5 Å². The molecule has 0 aromatic carbocycles. The molecule has 2 rings (SSSR count). The van der Waals surface area contributed by atoms with Gasteiger partial charge in [0.25, 0.3) is 0 Å². The second-order valence-corrected chi connectivity index (χ2v) is 7.30. The van der Waals surface area contributed by atoms with E-state index in [9.17, 15) is 9.90 Å². The van der Waals surface area contributed by atoms with E-state index in [-0.39, 0.29) is 23.3 Å². The van der Waals surface area contributed by atoms with E-state index in [0.29, 0.717) is 18.4 Å². The van der Waals surface area contributed by atoms with Gasteiger partial charge in [0.05, 0.1) is 6.10 Å². The SMILES string of the molecule is CC(O)CC(C)(C)CNC(=O)C1CC12CCNCC2. The normalized spacial score (nSPS) is 27.1. The Morgan fingerprint density at radius 2 is 2.11 bits per heavy atom. The first-order valence-corrected chi connectivity index (χ1v) is 7.51. The van der Waals surface area contributed by atoms with Crippen molar-refractivity contribution in [3.63, 3.8) is 0 Å². The predicted molar refractivity (Wildman–Crippen MR) is 75.7 cm³/mol. The molecule has 3 N–H and O–H groups in total. The number of piperidine rings is 1. The van der Waals surface area contributed by atoms with E-state index < -0.39 is 0 Å². The highest BCUT2D eigenvalue weighted by Crippen LogP contribution is 2.58. The lowest BCUT2D eigenvalue weighted by molar-refractivity contribution is -0.123. The van der Waals surface area contributed by atoms with Gasteiger partial charge in [-0.3, -0.25) is 4.79 Å². The molecule has 0 aromatic heterocycles. The van der Waals surface area contributed by atoms with Crippen molar-refractivity contribution >= 4 is 5.91 Å². The summed E-state index contributed by atoms with van der Waals surface area (Å²) in [5.41, 5.74) is 0.268. The van der Waals surface area contributed by atoms with Crippen LogP contribution >= 0.6 is 0 Å². The Bertz CT molecular complexity index is 333. The van der Waals surface area contributed by atoms with Crippen LogP contribution < -0.4 is 10.6 Å². The fourth-order valence-corrected chi connectivity index (χ4v) is 3.52. The third-order valence-electron chi connectivity index (χ3n) is 4.69. The van der Waals surface area contributed by atoms with Crippen LogP contribution in [0.1, 0.15) is 46.5 Å². The van der Waals surface area contributed by atoms with E-state index >= 15 is 0 Å². The molecule has 2 unspecified atom stereocenters. The number of amides is 1. The Morgan fingerprint density at radius 1 is 1.47 bits per heavy atom. The molecule has 4 nitrogen and oxygen atoms in total. The standard InChI is InChI=1S/C15H28N2O2/c1-11(18)8-14(2,3)10-17-13(19)12-9-15(12)4-6-16-7-5-15/h11-12,16,18H,4-10H2,1-3H3,(H,17,19). The number of aliphatic hydroxyl groups is 1. The molecule has 2 atom stereocenters. The minimum atomic E-state index is -0.316. The first-order valence-electron chi connectivity index (χ1n) is 7.51. The fraction of sp³-hybridized carbons (Fsp3) is 0.933. The molecular weight excluding hydrogens is 240 g/mol. The molecule has 0 radical (unpaired) electrons. The zero-order chi connectivity index (χ0) is 14.1. The van der Waals surface area contributed by atoms with Gasteiger partial charge in [0.1, 0.15) is 0 Å². The Hall–Kier alpha value is -0.610. The maximum absolute atomic E-state index is 12.2. The number of carbonyl (C=O) groups excluding carboxylic acids is 1. The highest BCUT2D eigenvalue weighted by atomic mass is 16.3. The van der Waals surface area contributed by atoms with E-state index in [1.54, 1.807) is 6.92 Å². The molecule has 1 aliphatic carbocycles. The van der Waals surface area contributed by atoms with Crippen molar-refractivity contribution in [1.82, 2.24) is 10.6 Å². The maximum Gasteiger partial charge on any atom is 0.223 e. The first kappa shape index (κ1) is 14.8. The summed E-state index contributed by atoms with van der Waals surface area (Å²) in [7, 11) is 0. The van der Waals surface area contributed by atoms with Gasteiger partial charge in [-0.1, -0.05) is 13.8 Å². The Labute approximate surface area is 116 Å². The zero-order valence-electron chi connectivity index (χ0n) is 12.5. The van der Waals surface area contributed by atoms with E-state index in [1.807, 2.05) is 0 Å². The van der Waals surface area contributed by atoms with Gasteiger partial charge in [-0.25, -0.2) is 0 Å². The quantitative estimate of drug-likeness (QED) is 0.704. The molecule has 0 bridgehead atoms. The number of rotatable bonds is 5. The second-order valence-electron chi connectivity index (χ2n) is 7.30. The van der Waals surface area contributed by atoms with Crippen molar-refractivity contribution in [3.8, 4) is 0 Å². The average Bonchev–Trinajstić information content (AvgIpc) is 2.99. The van der Waals surface area contributed by atoms with E-state index in [1.165, 1.54) is 0 Å². The molecule has 1 heterocycles. The monoisotopic (exact) mass is 268 g/mol. The summed E-state index contributed by atoms with van der Waals surface area (Å²) in [6.45, 7) is 8.74. The molecular formula is C15H28N2O2. The molecule has 19 heavy (non-hydrogen) atoms. The smallest absolute Gasteiger partial charge is 0.223 e. The first-order chi connectivity index (χ1) is 8.85. The summed E-state index contributed by atoms with van der Waals surface area (Å²) in [6.07, 6.45) is 3.75. The van der Waals surface area contributed by atoms with Crippen LogP contribution in [0.15, 0.2) is 0 Å². The van der Waals surface area contributed by atoms with Crippen LogP contribution in [0.25, 0.3) is 0 Å². The summed E-state index contributed by atoms with van der Waals surface area (Å²) in [5.74, 6) is 0.456. The van der Waals surface area contributed by atoms with Crippen LogP contribution in [0.3, 0.4) is 0 Å². The zero-order valence-corrected chi connectivity index (χ0v) is 12.5. The molecule has 4 heteroatoms. The van der Waals surface area contributed by atoms with Gasteiger partial charge in [0.2, 0.25) is 5.91 Å². The van der Waals surface area contributed by atoms with Gasteiger partial charge >= 0.3 is 0 Å². The second kappa shape index (κ2) is 5.41. The van der Waals surface area contributed by atoms with E-state index in [2.05, 4.69) is 24.5 Å². The Kier molecular flexibility index (Phi) is 4.21. The van der Waals surface area contributed by atoms with Crippen molar-refractivity contribution in [3.05, 3.63) is 0 Å². The lowest BCUT2D eigenvalue weighted by Crippen LogP contribution is -2.38. The van der Waals surface area contributed by atoms with E-state index in [0.717, 1.165) is 32.4 Å². The predicted octanol–water partition coefficient (Wildman–Crippen LogP) is 1.29. The Morgan fingerprint density at radius 3 is 2.68 bits per heavy atom. The molecule has 1 saturated heterocycles. The Balaban J connectivity index is 1.77. The third kappa shape index (κ3) is 3.69. The van der Waals surface area contributed by atoms with Crippen molar-refractivity contribution in [2.45, 2.75) is 52.6 Å². The lowest BCUT2D eigenvalue weighted by atomic mass is 9.86. The average molecular weight is 268 g/mol. The van der Waals surface area contributed by atoms with Gasteiger partial charge in [-0.2, -0.15) is 0 Å². The number of carbonyl (C=O) groups is 1. The van der Waals surface area contributed by atoms with Crippen LogP contribution in [0.2, 0.25) is 0 Å². The summed E-state index contributed by atoms with van der Waals surface area (Å²) in [5, 5.41) is 15.9. The minimum Gasteiger partial charge on any atom is -0.393 e. The molecule has 1 spiro atoms.